The third-order valence-electron chi connectivity index (χ3n) is 1.37. The van der Waals surface area contributed by atoms with Crippen molar-refractivity contribution in [1.29, 1.82) is 0 Å². The molecule has 0 saturated carbocycles. The average molecular weight is 171 g/mol. The minimum Gasteiger partial charge on any atom is -0.425 e. The van der Waals surface area contributed by atoms with Crippen LogP contribution in [0.15, 0.2) is 9.79 Å². The SMILES string of the molecule is CN=c1c(=O)[nH]c(N)c(N)n1O. The molecule has 0 amide bonds. The molecule has 0 atom stereocenters. The number of nitrogen functional groups attached to an aromatic ring is 2. The van der Waals surface area contributed by atoms with Crippen molar-refractivity contribution in [2.45, 2.75) is 0 Å². The Morgan fingerprint density at radius 2 is 2.17 bits per heavy atom. The smallest absolute Gasteiger partial charge is 0.295 e. The highest BCUT2D eigenvalue weighted by Crippen LogP contribution is 2.01. The van der Waals surface area contributed by atoms with Crippen LogP contribution in [0.5, 0.6) is 0 Å². The van der Waals surface area contributed by atoms with Gasteiger partial charge in [-0.25, -0.2) is 0 Å². The number of nitrogens with one attached hydrogen (secondary N) is 1. The quantitative estimate of drug-likeness (QED) is 0.341. The van der Waals surface area contributed by atoms with Crippen LogP contribution < -0.4 is 22.5 Å². The van der Waals surface area contributed by atoms with Gasteiger partial charge in [0.15, 0.2) is 5.82 Å². The lowest BCUT2D eigenvalue weighted by molar-refractivity contribution is 0.176. The van der Waals surface area contributed by atoms with Crippen LogP contribution in [-0.2, 0) is 0 Å². The molecule has 0 spiro atoms. The third kappa shape index (κ3) is 1.00. The van der Waals surface area contributed by atoms with Crippen molar-refractivity contribution in [3.8, 4) is 0 Å². The van der Waals surface area contributed by atoms with E-state index in [1.807, 2.05) is 0 Å². The molecule has 1 aromatic rings. The minimum atomic E-state index is -0.591. The summed E-state index contributed by atoms with van der Waals surface area (Å²) in [5.41, 5.74) is 9.74. The first kappa shape index (κ1) is 8.18. The summed E-state index contributed by atoms with van der Waals surface area (Å²) in [6.45, 7) is 0. The lowest BCUT2D eigenvalue weighted by Crippen LogP contribution is -2.38. The fraction of sp³-hybridized carbons (Fsp3) is 0.200. The van der Waals surface area contributed by atoms with Gasteiger partial charge in [-0.3, -0.25) is 9.79 Å². The molecule has 66 valence electrons. The number of aromatic amines is 1. The molecule has 1 heterocycles. The molecule has 7 nitrogen and oxygen atoms in total. The average Bonchev–Trinajstić information content (AvgIpc) is 2.01. The molecule has 7 heteroatoms. The van der Waals surface area contributed by atoms with Gasteiger partial charge in [0.05, 0.1) is 0 Å². The van der Waals surface area contributed by atoms with Crippen molar-refractivity contribution in [2.24, 2.45) is 4.99 Å². The second-order valence-electron chi connectivity index (χ2n) is 2.11. The molecule has 1 aromatic heterocycles. The fourth-order valence-corrected chi connectivity index (χ4v) is 0.763. The molecular formula is C5H9N5O2. The van der Waals surface area contributed by atoms with Crippen molar-refractivity contribution < 1.29 is 5.21 Å². The monoisotopic (exact) mass is 171 g/mol. The number of nitrogens with two attached hydrogens (primary N) is 2. The van der Waals surface area contributed by atoms with Crippen molar-refractivity contribution in [3.05, 3.63) is 15.8 Å². The number of hydrogen-bond donors (Lipinski definition) is 4. The molecule has 0 aliphatic rings. The molecule has 1 rings (SSSR count). The Morgan fingerprint density at radius 1 is 1.58 bits per heavy atom. The number of aromatic nitrogens is 2. The van der Waals surface area contributed by atoms with E-state index in [1.54, 1.807) is 0 Å². The summed E-state index contributed by atoms with van der Waals surface area (Å²) in [6, 6.07) is 0. The second-order valence-corrected chi connectivity index (χ2v) is 2.11. The maximum atomic E-state index is 11.0. The standard InChI is InChI=1S/C5H9N5O2/c1-8-4-5(11)9-2(6)3(7)10(4)12/h12H,6-7H2,1H3,(H,9,11). The third-order valence-corrected chi connectivity index (χ3v) is 1.37. The minimum absolute atomic E-state index is 0.0881. The van der Waals surface area contributed by atoms with Gasteiger partial charge < -0.3 is 21.7 Å². The Labute approximate surface area is 66.9 Å². The molecule has 0 aromatic carbocycles. The summed E-state index contributed by atoms with van der Waals surface area (Å²) in [5, 5.41) is 9.16. The Hall–Kier alpha value is -1.92. The highest BCUT2D eigenvalue weighted by Gasteiger charge is 2.04. The molecule has 0 saturated heterocycles. The summed E-state index contributed by atoms with van der Waals surface area (Å²) in [5.74, 6) is -0.231. The normalized spacial score (nSPS) is 11.9. The number of nitrogens with zero attached hydrogens (tertiary/aromatic N) is 2. The van der Waals surface area contributed by atoms with Crippen LogP contribution in [0.1, 0.15) is 0 Å². The van der Waals surface area contributed by atoms with Crippen LogP contribution in [-0.4, -0.2) is 22.0 Å². The first-order chi connectivity index (χ1) is 5.57. The summed E-state index contributed by atoms with van der Waals surface area (Å²) in [7, 11) is 1.35. The van der Waals surface area contributed by atoms with E-state index in [0.717, 1.165) is 0 Å². The number of anilines is 2. The maximum Gasteiger partial charge on any atom is 0.295 e. The first-order valence-corrected chi connectivity index (χ1v) is 3.10. The summed E-state index contributed by atoms with van der Waals surface area (Å²) < 4.78 is 0.439. The summed E-state index contributed by atoms with van der Waals surface area (Å²) in [4.78, 5) is 16.7. The van der Waals surface area contributed by atoms with Gasteiger partial charge >= 0.3 is 0 Å². The van der Waals surface area contributed by atoms with Crippen LogP contribution >= 0.6 is 0 Å². The topological polar surface area (TPSA) is 122 Å². The second kappa shape index (κ2) is 2.61. The lowest BCUT2D eigenvalue weighted by atomic mass is 10.6. The van der Waals surface area contributed by atoms with Crippen molar-refractivity contribution in [3.63, 3.8) is 0 Å². The Bertz CT molecular complexity index is 415. The molecule has 6 N–H and O–H groups in total. The predicted molar refractivity (Wildman–Crippen MR) is 42.5 cm³/mol. The molecule has 12 heavy (non-hydrogen) atoms. The van der Waals surface area contributed by atoms with Gasteiger partial charge in [0, 0.05) is 7.05 Å². The van der Waals surface area contributed by atoms with Gasteiger partial charge in [-0.1, -0.05) is 0 Å². The van der Waals surface area contributed by atoms with E-state index >= 15 is 0 Å². The van der Waals surface area contributed by atoms with Gasteiger partial charge in [0.25, 0.3) is 5.56 Å². The summed E-state index contributed by atoms with van der Waals surface area (Å²) >= 11 is 0. The highest BCUT2D eigenvalue weighted by atomic mass is 16.5. The van der Waals surface area contributed by atoms with E-state index in [2.05, 4.69) is 9.98 Å². The van der Waals surface area contributed by atoms with Gasteiger partial charge in [-0.15, -0.1) is 4.73 Å². The van der Waals surface area contributed by atoms with Gasteiger partial charge in [0.1, 0.15) is 5.82 Å². The van der Waals surface area contributed by atoms with Gasteiger partial charge in [0.2, 0.25) is 5.49 Å². The van der Waals surface area contributed by atoms with Crippen LogP contribution in [0.3, 0.4) is 0 Å². The van der Waals surface area contributed by atoms with Crippen LogP contribution in [0.4, 0.5) is 11.6 Å². The maximum absolute atomic E-state index is 11.0. The zero-order chi connectivity index (χ0) is 9.30. The Morgan fingerprint density at radius 3 is 2.67 bits per heavy atom. The van der Waals surface area contributed by atoms with Gasteiger partial charge in [-0.2, -0.15) is 0 Å². The highest BCUT2D eigenvalue weighted by molar-refractivity contribution is 5.51. The van der Waals surface area contributed by atoms with E-state index in [9.17, 15) is 4.79 Å². The Kier molecular flexibility index (Phi) is 1.78. The molecule has 0 radical (unpaired) electrons. The fourth-order valence-electron chi connectivity index (χ4n) is 0.763. The van der Waals surface area contributed by atoms with E-state index < -0.39 is 5.56 Å². The molecule has 0 aliphatic carbocycles. The van der Waals surface area contributed by atoms with Crippen LogP contribution in [0, 0.1) is 0 Å². The van der Waals surface area contributed by atoms with E-state index in [4.69, 9.17) is 16.7 Å². The molecule has 0 aliphatic heterocycles. The Balaban J connectivity index is 3.76. The molecule has 0 unspecified atom stereocenters. The van der Waals surface area contributed by atoms with Crippen molar-refractivity contribution >= 4 is 11.6 Å². The van der Waals surface area contributed by atoms with Crippen LogP contribution in [0.25, 0.3) is 0 Å². The number of hydrogen-bond acceptors (Lipinski definition) is 5. The lowest BCUT2D eigenvalue weighted by Gasteiger charge is -2.03. The zero-order valence-corrected chi connectivity index (χ0v) is 6.40. The molecule has 0 bridgehead atoms. The number of H-pyrrole nitrogens is 1. The number of rotatable bonds is 0. The van der Waals surface area contributed by atoms with E-state index in [0.29, 0.717) is 4.73 Å². The predicted octanol–water partition coefficient (Wildman–Crippen LogP) is -1.89. The van der Waals surface area contributed by atoms with Crippen LogP contribution in [0.2, 0.25) is 0 Å². The zero-order valence-electron chi connectivity index (χ0n) is 6.40. The molecule has 0 fully saturated rings. The molecular weight excluding hydrogens is 162 g/mol. The van der Waals surface area contributed by atoms with Gasteiger partial charge in [-0.05, 0) is 0 Å². The first-order valence-electron chi connectivity index (χ1n) is 3.10. The summed E-state index contributed by atoms with van der Waals surface area (Å²) in [6.07, 6.45) is 0. The van der Waals surface area contributed by atoms with E-state index in [1.165, 1.54) is 7.05 Å². The van der Waals surface area contributed by atoms with Crippen molar-refractivity contribution in [2.75, 3.05) is 18.5 Å². The van der Waals surface area contributed by atoms with E-state index in [-0.39, 0.29) is 17.1 Å². The largest absolute Gasteiger partial charge is 0.425 e. The van der Waals surface area contributed by atoms with Crippen molar-refractivity contribution in [1.82, 2.24) is 9.71 Å².